The van der Waals surface area contributed by atoms with Gasteiger partial charge in [0.1, 0.15) is 6.10 Å². The minimum atomic E-state index is -1.11. The molecule has 0 saturated carbocycles. The molecular weight excluding hydrogens is 560 g/mol. The number of likely N-dealkylation sites (N-methyl/N-ethyl adjacent to an activating group) is 1. The molecule has 212 valence electrons. The molecule has 2 nitrogen and oxygen atoms in total. The molecule has 6 rings (SSSR count). The standard InChI is InChI=1S/C39H35NOP2/c1-40(42(34-24-12-4-13-25-34)35-26-14-5-15-27-35)38(32-20-8-2-9-21-32)39(33-22-10-3-11-23-33)41-43(36-28-16-6-17-29-36)37-30-18-7-19-31-37/h2-31,38-39H,1H3/t38-,39+/m0/s1. The Kier molecular flexibility index (Phi) is 9.85. The smallest absolute Gasteiger partial charge is 0.108 e. The fourth-order valence-electron chi connectivity index (χ4n) is 5.47. The molecule has 0 aliphatic rings. The van der Waals surface area contributed by atoms with Crippen molar-refractivity contribution in [3.05, 3.63) is 193 Å². The maximum absolute atomic E-state index is 7.50. The first-order valence-corrected chi connectivity index (χ1v) is 17.1. The first kappa shape index (κ1) is 29.2. The maximum atomic E-state index is 7.50. The number of rotatable bonds is 11. The van der Waals surface area contributed by atoms with Crippen LogP contribution in [0, 0.1) is 0 Å². The molecule has 0 radical (unpaired) electrons. The molecule has 6 aromatic carbocycles. The highest BCUT2D eigenvalue weighted by Crippen LogP contribution is 2.52. The van der Waals surface area contributed by atoms with Crippen LogP contribution in [0.5, 0.6) is 0 Å². The summed E-state index contributed by atoms with van der Waals surface area (Å²) in [7, 11) is 0.294. The lowest BCUT2D eigenvalue weighted by atomic mass is 9.96. The van der Waals surface area contributed by atoms with E-state index >= 15 is 0 Å². The molecule has 4 heteroatoms. The van der Waals surface area contributed by atoms with E-state index in [0.29, 0.717) is 0 Å². The van der Waals surface area contributed by atoms with Gasteiger partial charge in [0.2, 0.25) is 0 Å². The summed E-state index contributed by atoms with van der Waals surface area (Å²) in [5, 5.41) is 5.03. The zero-order valence-electron chi connectivity index (χ0n) is 24.2. The second kappa shape index (κ2) is 14.5. The Hall–Kier alpha value is -3.90. The van der Waals surface area contributed by atoms with Gasteiger partial charge in [0, 0.05) is 18.7 Å². The van der Waals surface area contributed by atoms with E-state index in [9.17, 15) is 0 Å². The Morgan fingerprint density at radius 1 is 0.419 bits per heavy atom. The minimum absolute atomic E-state index is 0.0625. The molecule has 0 aliphatic heterocycles. The summed E-state index contributed by atoms with van der Waals surface area (Å²) in [6, 6.07) is 64.8. The van der Waals surface area contributed by atoms with E-state index in [1.807, 2.05) is 0 Å². The van der Waals surface area contributed by atoms with Gasteiger partial charge in [0.05, 0.1) is 14.2 Å². The highest BCUT2D eigenvalue weighted by atomic mass is 31.1. The van der Waals surface area contributed by atoms with E-state index < -0.39 is 16.2 Å². The van der Waals surface area contributed by atoms with Crippen LogP contribution in [-0.2, 0) is 4.52 Å². The van der Waals surface area contributed by atoms with Crippen molar-refractivity contribution in [3.63, 3.8) is 0 Å². The Morgan fingerprint density at radius 2 is 0.744 bits per heavy atom. The monoisotopic (exact) mass is 595 g/mol. The van der Waals surface area contributed by atoms with Crippen LogP contribution >= 0.6 is 16.2 Å². The number of benzene rings is 6. The lowest BCUT2D eigenvalue weighted by molar-refractivity contribution is 0.144. The predicted octanol–water partition coefficient (Wildman–Crippen LogP) is 8.51. The molecule has 0 N–H and O–H groups in total. The Bertz CT molecular complexity index is 1570. The van der Waals surface area contributed by atoms with Crippen LogP contribution in [0.3, 0.4) is 0 Å². The molecule has 0 amide bonds. The maximum Gasteiger partial charge on any atom is 0.108 e. The van der Waals surface area contributed by atoms with Gasteiger partial charge in [-0.25, -0.2) is 0 Å². The van der Waals surface area contributed by atoms with Crippen LogP contribution in [0.2, 0.25) is 0 Å². The van der Waals surface area contributed by atoms with Crippen LogP contribution in [0.1, 0.15) is 23.3 Å². The van der Waals surface area contributed by atoms with Crippen molar-refractivity contribution >= 4 is 37.4 Å². The summed E-state index contributed by atoms with van der Waals surface area (Å²) in [6.07, 6.45) is -0.238. The van der Waals surface area contributed by atoms with Crippen LogP contribution in [0.25, 0.3) is 0 Å². The van der Waals surface area contributed by atoms with E-state index in [2.05, 4.69) is 194 Å². The average molecular weight is 596 g/mol. The van der Waals surface area contributed by atoms with Gasteiger partial charge in [0.25, 0.3) is 0 Å². The van der Waals surface area contributed by atoms with E-state index in [1.165, 1.54) is 32.3 Å². The van der Waals surface area contributed by atoms with Crippen molar-refractivity contribution in [1.29, 1.82) is 0 Å². The largest absolute Gasteiger partial charge is 0.340 e. The topological polar surface area (TPSA) is 12.5 Å². The molecule has 0 unspecified atom stereocenters. The normalized spacial score (nSPS) is 12.8. The van der Waals surface area contributed by atoms with Crippen molar-refractivity contribution in [2.75, 3.05) is 7.05 Å². The van der Waals surface area contributed by atoms with Gasteiger partial charge >= 0.3 is 0 Å². The SMILES string of the molecule is CN([C@@H](c1ccccc1)[C@H](OP(c1ccccc1)c1ccccc1)c1ccccc1)P(c1ccccc1)c1ccccc1. The summed E-state index contributed by atoms with van der Waals surface area (Å²) in [6.45, 7) is 0. The molecule has 0 spiro atoms. The molecule has 0 bridgehead atoms. The van der Waals surface area contributed by atoms with Crippen LogP contribution in [0.4, 0.5) is 0 Å². The van der Waals surface area contributed by atoms with E-state index in [1.54, 1.807) is 0 Å². The van der Waals surface area contributed by atoms with Gasteiger partial charge in [0.15, 0.2) is 0 Å². The van der Waals surface area contributed by atoms with Crippen molar-refractivity contribution in [3.8, 4) is 0 Å². The first-order chi connectivity index (χ1) is 21.3. The molecule has 2 atom stereocenters. The fourth-order valence-corrected chi connectivity index (χ4v) is 9.80. The van der Waals surface area contributed by atoms with Gasteiger partial charge in [-0.15, -0.1) is 0 Å². The van der Waals surface area contributed by atoms with Crippen LogP contribution in [-0.4, -0.2) is 11.7 Å². The highest BCUT2D eigenvalue weighted by Gasteiger charge is 2.36. The Morgan fingerprint density at radius 3 is 1.14 bits per heavy atom. The van der Waals surface area contributed by atoms with Crippen molar-refractivity contribution in [2.45, 2.75) is 12.1 Å². The fraction of sp³-hybridized carbons (Fsp3) is 0.0769. The summed E-state index contributed by atoms with van der Waals surface area (Å²) in [5.74, 6) is 0. The van der Waals surface area contributed by atoms with Crippen LogP contribution in [0.15, 0.2) is 182 Å². The number of hydrogen-bond acceptors (Lipinski definition) is 2. The van der Waals surface area contributed by atoms with Gasteiger partial charge in [-0.1, -0.05) is 182 Å². The second-order valence-electron chi connectivity index (χ2n) is 10.3. The Labute approximate surface area is 258 Å². The average Bonchev–Trinajstić information content (AvgIpc) is 3.09. The summed E-state index contributed by atoms with van der Waals surface area (Å²) in [5.41, 5.74) is 2.40. The lowest BCUT2D eigenvalue weighted by Gasteiger charge is -2.41. The molecule has 0 aliphatic carbocycles. The van der Waals surface area contributed by atoms with Gasteiger partial charge in [-0.2, -0.15) is 0 Å². The van der Waals surface area contributed by atoms with Crippen molar-refractivity contribution < 1.29 is 4.52 Å². The zero-order valence-corrected chi connectivity index (χ0v) is 26.0. The molecule has 0 aromatic heterocycles. The van der Waals surface area contributed by atoms with Crippen LogP contribution < -0.4 is 21.2 Å². The quantitative estimate of drug-likeness (QED) is 0.139. The van der Waals surface area contributed by atoms with E-state index in [4.69, 9.17) is 4.52 Å². The summed E-state index contributed by atoms with van der Waals surface area (Å²) < 4.78 is 10.1. The second-order valence-corrected chi connectivity index (χ2v) is 14.4. The van der Waals surface area contributed by atoms with Crippen molar-refractivity contribution in [2.24, 2.45) is 0 Å². The molecule has 43 heavy (non-hydrogen) atoms. The minimum Gasteiger partial charge on any atom is -0.340 e. The van der Waals surface area contributed by atoms with E-state index in [-0.39, 0.29) is 12.1 Å². The van der Waals surface area contributed by atoms with Gasteiger partial charge in [-0.3, -0.25) is 4.67 Å². The summed E-state index contributed by atoms with van der Waals surface area (Å²) in [4.78, 5) is 0. The van der Waals surface area contributed by atoms with E-state index in [0.717, 1.165) is 0 Å². The van der Waals surface area contributed by atoms with Gasteiger partial charge < -0.3 is 4.52 Å². The first-order valence-electron chi connectivity index (χ1n) is 14.6. The predicted molar refractivity (Wildman–Crippen MR) is 185 cm³/mol. The number of hydrogen-bond donors (Lipinski definition) is 0. The Balaban J connectivity index is 1.52. The lowest BCUT2D eigenvalue weighted by Crippen LogP contribution is -2.33. The zero-order chi connectivity index (χ0) is 29.3. The molecule has 0 fully saturated rings. The molecular formula is C39H35NOP2. The summed E-state index contributed by atoms with van der Waals surface area (Å²) >= 11 is 0. The third kappa shape index (κ3) is 7.02. The molecule has 0 saturated heterocycles. The third-order valence-corrected chi connectivity index (χ3v) is 11.9. The molecule has 0 heterocycles. The number of nitrogens with zero attached hydrogens (tertiary/aromatic N) is 1. The van der Waals surface area contributed by atoms with Crippen molar-refractivity contribution in [1.82, 2.24) is 4.67 Å². The highest BCUT2D eigenvalue weighted by molar-refractivity contribution is 7.70. The molecule has 6 aromatic rings. The third-order valence-electron chi connectivity index (χ3n) is 7.48. The van der Waals surface area contributed by atoms with Gasteiger partial charge in [-0.05, 0) is 28.8 Å².